The van der Waals surface area contributed by atoms with Crippen molar-refractivity contribution in [2.75, 3.05) is 0 Å². The van der Waals surface area contributed by atoms with Crippen LogP contribution in [0.25, 0.3) is 11.0 Å². The van der Waals surface area contributed by atoms with Crippen molar-refractivity contribution in [3.63, 3.8) is 0 Å². The molecule has 0 bridgehead atoms. The summed E-state index contributed by atoms with van der Waals surface area (Å²) in [5.41, 5.74) is 1.72. The Labute approximate surface area is 158 Å². The number of rotatable bonds is 3. The summed E-state index contributed by atoms with van der Waals surface area (Å²) in [5.74, 6) is 0.529. The fraction of sp³-hybridized carbons (Fsp3) is 0.278. The lowest BCUT2D eigenvalue weighted by Gasteiger charge is -2.11. The second kappa shape index (κ2) is 6.76. The molecular formula is C18H15Cl2F3N2O. The lowest BCUT2D eigenvalue weighted by Crippen LogP contribution is -2.06. The van der Waals surface area contributed by atoms with E-state index in [0.29, 0.717) is 43.6 Å². The van der Waals surface area contributed by atoms with E-state index in [2.05, 4.69) is 4.98 Å². The fourth-order valence-electron chi connectivity index (χ4n) is 2.92. The van der Waals surface area contributed by atoms with Gasteiger partial charge in [-0.05, 0) is 41.8 Å². The SMILES string of the molecule is Cc1cc(C(F)(F)F)cc2c1nc(Cc1c(Cl)ccc(CO)c1Cl)n2C. The summed E-state index contributed by atoms with van der Waals surface area (Å²) in [6.45, 7) is 1.36. The molecule has 138 valence electrons. The molecule has 0 saturated carbocycles. The highest BCUT2D eigenvalue weighted by Gasteiger charge is 2.31. The average Bonchev–Trinajstić information content (AvgIpc) is 2.88. The van der Waals surface area contributed by atoms with E-state index in [9.17, 15) is 18.3 Å². The van der Waals surface area contributed by atoms with E-state index in [-0.39, 0.29) is 13.0 Å². The third-order valence-electron chi connectivity index (χ3n) is 4.37. The first-order valence-corrected chi connectivity index (χ1v) is 8.48. The van der Waals surface area contributed by atoms with Crippen LogP contribution < -0.4 is 0 Å². The van der Waals surface area contributed by atoms with E-state index in [1.165, 1.54) is 0 Å². The van der Waals surface area contributed by atoms with E-state index in [0.717, 1.165) is 12.1 Å². The molecule has 2 aromatic carbocycles. The average molecular weight is 403 g/mol. The molecule has 0 aliphatic heterocycles. The highest BCUT2D eigenvalue weighted by molar-refractivity contribution is 6.36. The first kappa shape index (κ1) is 19.0. The number of aromatic nitrogens is 2. The van der Waals surface area contributed by atoms with Crippen molar-refractivity contribution in [3.05, 3.63) is 62.4 Å². The molecule has 3 nitrogen and oxygen atoms in total. The number of imidazole rings is 1. The third-order valence-corrected chi connectivity index (χ3v) is 5.19. The highest BCUT2D eigenvalue weighted by Crippen LogP contribution is 2.34. The van der Waals surface area contributed by atoms with Gasteiger partial charge in [0.1, 0.15) is 5.82 Å². The molecule has 8 heteroatoms. The molecule has 3 rings (SSSR count). The Morgan fingerprint density at radius 2 is 1.88 bits per heavy atom. The normalized spacial score (nSPS) is 12.2. The van der Waals surface area contributed by atoms with Crippen LogP contribution in [0.15, 0.2) is 24.3 Å². The van der Waals surface area contributed by atoms with Gasteiger partial charge >= 0.3 is 6.18 Å². The predicted molar refractivity (Wildman–Crippen MR) is 95.6 cm³/mol. The summed E-state index contributed by atoms with van der Waals surface area (Å²) < 4.78 is 40.9. The zero-order chi connectivity index (χ0) is 19.2. The standard InChI is InChI=1S/C18H15Cl2F3N2O/c1-9-5-11(18(21,22)23)6-14-17(9)24-15(25(14)2)7-12-13(19)4-3-10(8-26)16(12)20/h3-6,26H,7-8H2,1-2H3. The summed E-state index contributed by atoms with van der Waals surface area (Å²) in [4.78, 5) is 4.48. The Balaban J connectivity index is 2.13. The van der Waals surface area contributed by atoms with Gasteiger partial charge in [0.05, 0.1) is 28.2 Å². The van der Waals surface area contributed by atoms with Gasteiger partial charge in [-0.25, -0.2) is 4.98 Å². The van der Waals surface area contributed by atoms with Gasteiger partial charge < -0.3 is 9.67 Å². The molecule has 0 aliphatic carbocycles. The minimum Gasteiger partial charge on any atom is -0.392 e. The Hall–Kier alpha value is -1.76. The van der Waals surface area contributed by atoms with Gasteiger partial charge in [-0.15, -0.1) is 0 Å². The largest absolute Gasteiger partial charge is 0.416 e. The molecular weight excluding hydrogens is 388 g/mol. The summed E-state index contributed by atoms with van der Waals surface area (Å²) in [6.07, 6.45) is -4.19. The molecule has 0 spiro atoms. The number of hydrogen-bond acceptors (Lipinski definition) is 2. The maximum atomic E-state index is 13.1. The number of aliphatic hydroxyl groups is 1. The van der Waals surface area contributed by atoms with Crippen molar-refractivity contribution >= 4 is 34.2 Å². The van der Waals surface area contributed by atoms with Crippen LogP contribution in [0.4, 0.5) is 13.2 Å². The van der Waals surface area contributed by atoms with Crippen molar-refractivity contribution in [3.8, 4) is 0 Å². The number of halogens is 5. The van der Waals surface area contributed by atoms with E-state index in [4.69, 9.17) is 23.2 Å². The monoisotopic (exact) mass is 402 g/mol. The number of aryl methyl sites for hydroxylation is 2. The van der Waals surface area contributed by atoms with Crippen molar-refractivity contribution in [2.24, 2.45) is 7.05 Å². The third kappa shape index (κ3) is 3.29. The molecule has 0 radical (unpaired) electrons. The zero-order valence-electron chi connectivity index (χ0n) is 14.0. The van der Waals surface area contributed by atoms with Gasteiger partial charge in [0.15, 0.2) is 0 Å². The first-order valence-electron chi connectivity index (χ1n) is 7.73. The lowest BCUT2D eigenvalue weighted by molar-refractivity contribution is -0.137. The second-order valence-corrected chi connectivity index (χ2v) is 6.86. The Kier molecular flexibility index (Phi) is 4.94. The molecule has 0 amide bonds. The highest BCUT2D eigenvalue weighted by atomic mass is 35.5. The minimum absolute atomic E-state index is 0.234. The van der Waals surface area contributed by atoms with Crippen molar-refractivity contribution < 1.29 is 18.3 Å². The second-order valence-electron chi connectivity index (χ2n) is 6.08. The Bertz CT molecular complexity index is 996. The number of fused-ring (bicyclic) bond motifs is 1. The van der Waals surface area contributed by atoms with E-state index < -0.39 is 11.7 Å². The van der Waals surface area contributed by atoms with Gasteiger partial charge in [0, 0.05) is 18.5 Å². The van der Waals surface area contributed by atoms with Crippen LogP contribution in [0, 0.1) is 6.92 Å². The van der Waals surface area contributed by atoms with Gasteiger partial charge in [-0.2, -0.15) is 13.2 Å². The molecule has 0 saturated heterocycles. The molecule has 0 fully saturated rings. The van der Waals surface area contributed by atoms with Gasteiger partial charge in [0.25, 0.3) is 0 Å². The fourth-order valence-corrected chi connectivity index (χ4v) is 3.48. The molecule has 0 atom stereocenters. The van der Waals surface area contributed by atoms with E-state index >= 15 is 0 Å². The summed E-state index contributed by atoms with van der Waals surface area (Å²) >= 11 is 12.5. The molecule has 26 heavy (non-hydrogen) atoms. The van der Waals surface area contributed by atoms with Crippen molar-refractivity contribution in [1.29, 1.82) is 0 Å². The number of aliphatic hydroxyl groups excluding tert-OH is 1. The number of hydrogen-bond donors (Lipinski definition) is 1. The number of nitrogens with zero attached hydrogens (tertiary/aromatic N) is 2. The zero-order valence-corrected chi connectivity index (χ0v) is 15.5. The van der Waals surface area contributed by atoms with Crippen LogP contribution in [-0.2, 0) is 26.3 Å². The molecule has 1 heterocycles. The van der Waals surface area contributed by atoms with Gasteiger partial charge in [-0.3, -0.25) is 0 Å². The minimum atomic E-state index is -4.43. The van der Waals surface area contributed by atoms with Gasteiger partial charge in [0.2, 0.25) is 0 Å². The van der Waals surface area contributed by atoms with Crippen LogP contribution in [0.1, 0.15) is 28.1 Å². The smallest absolute Gasteiger partial charge is 0.392 e. The topological polar surface area (TPSA) is 38.1 Å². The van der Waals surface area contributed by atoms with Crippen LogP contribution in [0.5, 0.6) is 0 Å². The van der Waals surface area contributed by atoms with Crippen LogP contribution >= 0.6 is 23.2 Å². The summed E-state index contributed by atoms with van der Waals surface area (Å²) in [6, 6.07) is 5.43. The molecule has 0 unspecified atom stereocenters. The maximum absolute atomic E-state index is 13.1. The summed E-state index contributed by atoms with van der Waals surface area (Å²) in [7, 11) is 1.65. The van der Waals surface area contributed by atoms with Crippen LogP contribution in [0.3, 0.4) is 0 Å². The Morgan fingerprint density at radius 3 is 2.50 bits per heavy atom. The molecule has 1 aromatic heterocycles. The van der Waals surface area contributed by atoms with Crippen molar-refractivity contribution in [1.82, 2.24) is 9.55 Å². The quantitative estimate of drug-likeness (QED) is 0.646. The van der Waals surface area contributed by atoms with E-state index in [1.807, 2.05) is 0 Å². The van der Waals surface area contributed by atoms with E-state index in [1.54, 1.807) is 30.7 Å². The Morgan fingerprint density at radius 1 is 1.19 bits per heavy atom. The molecule has 1 N–H and O–H groups in total. The molecule has 0 aliphatic rings. The maximum Gasteiger partial charge on any atom is 0.416 e. The summed E-state index contributed by atoms with van der Waals surface area (Å²) in [5, 5.41) is 10.1. The number of alkyl halides is 3. The lowest BCUT2D eigenvalue weighted by atomic mass is 10.1. The first-order chi connectivity index (χ1) is 12.1. The van der Waals surface area contributed by atoms with Crippen LogP contribution in [0.2, 0.25) is 10.0 Å². The number of benzene rings is 2. The van der Waals surface area contributed by atoms with Crippen molar-refractivity contribution in [2.45, 2.75) is 26.1 Å². The van der Waals surface area contributed by atoms with Gasteiger partial charge in [-0.1, -0.05) is 29.3 Å². The van der Waals surface area contributed by atoms with Crippen LogP contribution in [-0.4, -0.2) is 14.7 Å². The predicted octanol–water partition coefficient (Wildman–Crippen LogP) is 5.29. The molecule has 3 aromatic rings.